The summed E-state index contributed by atoms with van der Waals surface area (Å²) in [6.45, 7) is 0. The molecule has 1 nitrogen and oxygen atoms in total. The summed E-state index contributed by atoms with van der Waals surface area (Å²) < 4.78 is 0. The number of hydrogen-bond acceptors (Lipinski definition) is 1. The molecule has 1 heteroatoms. The van der Waals surface area contributed by atoms with E-state index >= 15 is 0 Å². The lowest BCUT2D eigenvalue weighted by atomic mass is 9.89. The highest BCUT2D eigenvalue weighted by Gasteiger charge is 2.20. The van der Waals surface area contributed by atoms with E-state index in [-0.39, 0.29) is 0 Å². The van der Waals surface area contributed by atoms with Crippen LogP contribution in [0.1, 0.15) is 64.2 Å². The minimum atomic E-state index is 0.686. The minimum Gasteiger partial charge on any atom is -0.313 e. The van der Waals surface area contributed by atoms with Gasteiger partial charge in [-0.15, -0.1) is 0 Å². The van der Waals surface area contributed by atoms with Crippen LogP contribution in [0.5, 0.6) is 0 Å². The van der Waals surface area contributed by atoms with Crippen LogP contribution in [0.4, 0.5) is 0 Å². The second-order valence-corrected chi connectivity index (χ2v) is 5.61. The predicted octanol–water partition coefficient (Wildman–Crippen LogP) is 4.05. The van der Waals surface area contributed by atoms with Gasteiger partial charge >= 0.3 is 0 Å². The zero-order valence-corrected chi connectivity index (χ0v) is 10.8. The van der Waals surface area contributed by atoms with Gasteiger partial charge in [0.15, 0.2) is 0 Å². The molecule has 1 atom stereocenters. The van der Waals surface area contributed by atoms with Crippen molar-refractivity contribution in [1.82, 2.24) is 5.32 Å². The molecule has 0 aliphatic heterocycles. The zero-order chi connectivity index (χ0) is 11.2. The van der Waals surface area contributed by atoms with Gasteiger partial charge in [0.1, 0.15) is 0 Å². The Labute approximate surface area is 101 Å². The van der Waals surface area contributed by atoms with Crippen molar-refractivity contribution in [2.24, 2.45) is 5.92 Å². The first-order valence-corrected chi connectivity index (χ1v) is 7.26. The standard InChI is InChI=1S/C15H27N/c1-16-15(14-10-6-7-11-14)12-13-8-4-2-3-5-9-13/h10,13,15-16H,2-9,11-12H2,1H3. The topological polar surface area (TPSA) is 12.0 Å². The molecule has 0 aromatic carbocycles. The van der Waals surface area contributed by atoms with Crippen LogP contribution in [0.25, 0.3) is 0 Å². The van der Waals surface area contributed by atoms with Crippen molar-refractivity contribution < 1.29 is 0 Å². The second kappa shape index (κ2) is 6.44. The molecule has 2 aliphatic carbocycles. The summed E-state index contributed by atoms with van der Waals surface area (Å²) >= 11 is 0. The van der Waals surface area contributed by atoms with E-state index in [4.69, 9.17) is 0 Å². The molecular formula is C15H27N. The number of likely N-dealkylation sites (N-methyl/N-ethyl adjacent to an activating group) is 1. The van der Waals surface area contributed by atoms with Gasteiger partial charge < -0.3 is 5.32 Å². The Bertz CT molecular complexity index is 224. The van der Waals surface area contributed by atoms with Crippen molar-refractivity contribution in [2.45, 2.75) is 70.3 Å². The van der Waals surface area contributed by atoms with E-state index in [2.05, 4.69) is 18.4 Å². The Balaban J connectivity index is 1.84. The van der Waals surface area contributed by atoms with Gasteiger partial charge in [-0.3, -0.25) is 0 Å². The van der Waals surface area contributed by atoms with Crippen LogP contribution in [-0.4, -0.2) is 13.1 Å². The van der Waals surface area contributed by atoms with E-state index in [0.29, 0.717) is 6.04 Å². The van der Waals surface area contributed by atoms with Crippen LogP contribution in [0, 0.1) is 5.92 Å². The molecule has 0 spiro atoms. The summed E-state index contributed by atoms with van der Waals surface area (Å²) in [5.41, 5.74) is 1.70. The minimum absolute atomic E-state index is 0.686. The van der Waals surface area contributed by atoms with Crippen molar-refractivity contribution in [3.8, 4) is 0 Å². The molecule has 92 valence electrons. The van der Waals surface area contributed by atoms with Gasteiger partial charge in [-0.05, 0) is 38.6 Å². The zero-order valence-electron chi connectivity index (χ0n) is 10.8. The highest BCUT2D eigenvalue weighted by atomic mass is 14.9. The fraction of sp³-hybridized carbons (Fsp3) is 0.867. The number of hydrogen-bond donors (Lipinski definition) is 1. The molecule has 0 aromatic heterocycles. The maximum atomic E-state index is 3.54. The van der Waals surface area contributed by atoms with E-state index < -0.39 is 0 Å². The summed E-state index contributed by atoms with van der Waals surface area (Å²) in [5, 5.41) is 3.54. The largest absolute Gasteiger partial charge is 0.313 e. The summed E-state index contributed by atoms with van der Waals surface area (Å²) in [6.07, 6.45) is 16.8. The van der Waals surface area contributed by atoms with Gasteiger partial charge in [-0.1, -0.05) is 50.2 Å². The van der Waals surface area contributed by atoms with Gasteiger partial charge in [-0.2, -0.15) is 0 Å². The van der Waals surface area contributed by atoms with Crippen molar-refractivity contribution in [1.29, 1.82) is 0 Å². The molecule has 0 amide bonds. The molecule has 0 radical (unpaired) electrons. The van der Waals surface area contributed by atoms with E-state index in [1.165, 1.54) is 64.2 Å². The molecule has 0 heterocycles. The lowest BCUT2D eigenvalue weighted by molar-refractivity contribution is 0.382. The third kappa shape index (κ3) is 3.35. The van der Waals surface area contributed by atoms with Crippen molar-refractivity contribution in [2.75, 3.05) is 7.05 Å². The molecule has 1 saturated carbocycles. The maximum absolute atomic E-state index is 3.54. The molecule has 1 unspecified atom stereocenters. The van der Waals surface area contributed by atoms with E-state index in [0.717, 1.165) is 5.92 Å². The van der Waals surface area contributed by atoms with Crippen molar-refractivity contribution in [3.05, 3.63) is 11.6 Å². The van der Waals surface area contributed by atoms with Crippen molar-refractivity contribution >= 4 is 0 Å². The predicted molar refractivity (Wildman–Crippen MR) is 70.6 cm³/mol. The molecule has 1 N–H and O–H groups in total. The second-order valence-electron chi connectivity index (χ2n) is 5.61. The monoisotopic (exact) mass is 221 g/mol. The molecular weight excluding hydrogens is 194 g/mol. The van der Waals surface area contributed by atoms with Crippen LogP contribution in [0.3, 0.4) is 0 Å². The van der Waals surface area contributed by atoms with Gasteiger partial charge in [0.2, 0.25) is 0 Å². The van der Waals surface area contributed by atoms with E-state index in [1.807, 2.05) is 0 Å². The van der Waals surface area contributed by atoms with Crippen LogP contribution in [-0.2, 0) is 0 Å². The highest BCUT2D eigenvalue weighted by Crippen LogP contribution is 2.30. The van der Waals surface area contributed by atoms with Crippen molar-refractivity contribution in [3.63, 3.8) is 0 Å². The molecule has 2 rings (SSSR count). The van der Waals surface area contributed by atoms with Crippen LogP contribution < -0.4 is 5.32 Å². The fourth-order valence-corrected chi connectivity index (χ4v) is 3.40. The van der Waals surface area contributed by atoms with E-state index in [9.17, 15) is 0 Å². The Hall–Kier alpha value is -0.300. The molecule has 16 heavy (non-hydrogen) atoms. The smallest absolute Gasteiger partial charge is 0.0279 e. The van der Waals surface area contributed by atoms with Gasteiger partial charge in [-0.25, -0.2) is 0 Å². The number of nitrogens with one attached hydrogen (secondary N) is 1. The molecule has 0 aromatic rings. The first kappa shape index (κ1) is 12.2. The summed E-state index contributed by atoms with van der Waals surface area (Å²) in [4.78, 5) is 0. The number of rotatable bonds is 4. The Morgan fingerprint density at radius 3 is 2.50 bits per heavy atom. The third-order valence-corrected chi connectivity index (χ3v) is 4.42. The first-order valence-electron chi connectivity index (χ1n) is 7.26. The Kier molecular flexibility index (Phi) is 4.90. The number of allylic oxidation sites excluding steroid dienone is 1. The normalized spacial score (nSPS) is 25.2. The lowest BCUT2D eigenvalue weighted by Crippen LogP contribution is -2.29. The van der Waals surface area contributed by atoms with Gasteiger partial charge in [0.25, 0.3) is 0 Å². The van der Waals surface area contributed by atoms with Crippen LogP contribution in [0.2, 0.25) is 0 Å². The molecule has 0 bridgehead atoms. The quantitative estimate of drug-likeness (QED) is 0.558. The Morgan fingerprint density at radius 1 is 1.19 bits per heavy atom. The Morgan fingerprint density at radius 2 is 1.94 bits per heavy atom. The summed E-state index contributed by atoms with van der Waals surface area (Å²) in [6, 6.07) is 0.686. The molecule has 0 saturated heterocycles. The van der Waals surface area contributed by atoms with Gasteiger partial charge in [0.05, 0.1) is 0 Å². The lowest BCUT2D eigenvalue weighted by Gasteiger charge is -2.23. The molecule has 1 fully saturated rings. The SMILES string of the molecule is CNC(CC1CCCCCC1)C1=CCCC1. The van der Waals surface area contributed by atoms with E-state index in [1.54, 1.807) is 5.57 Å². The summed E-state index contributed by atoms with van der Waals surface area (Å²) in [5.74, 6) is 0.987. The third-order valence-electron chi connectivity index (χ3n) is 4.42. The average Bonchev–Trinajstić information content (AvgIpc) is 2.71. The fourth-order valence-electron chi connectivity index (χ4n) is 3.40. The van der Waals surface area contributed by atoms with Crippen LogP contribution >= 0.6 is 0 Å². The maximum Gasteiger partial charge on any atom is 0.0279 e. The average molecular weight is 221 g/mol. The van der Waals surface area contributed by atoms with Crippen LogP contribution in [0.15, 0.2) is 11.6 Å². The highest BCUT2D eigenvalue weighted by molar-refractivity contribution is 5.15. The van der Waals surface area contributed by atoms with Gasteiger partial charge in [0, 0.05) is 6.04 Å². The summed E-state index contributed by atoms with van der Waals surface area (Å²) in [7, 11) is 2.14. The molecule has 2 aliphatic rings. The first-order chi connectivity index (χ1) is 7.90.